The molecule has 0 aromatic heterocycles. The third-order valence-corrected chi connectivity index (χ3v) is 4.13. The Labute approximate surface area is 128 Å². The Kier molecular flexibility index (Phi) is 5.63. The van der Waals surface area contributed by atoms with Gasteiger partial charge in [-0.2, -0.15) is 0 Å². The van der Waals surface area contributed by atoms with E-state index in [4.69, 9.17) is 4.74 Å². The van der Waals surface area contributed by atoms with Crippen molar-refractivity contribution in [2.24, 2.45) is 0 Å². The van der Waals surface area contributed by atoms with E-state index in [0.29, 0.717) is 6.42 Å². The molecule has 9 heteroatoms. The number of allylic oxidation sites excluding steroid dienone is 1. The summed E-state index contributed by atoms with van der Waals surface area (Å²) < 4.78 is 31.0. The van der Waals surface area contributed by atoms with Gasteiger partial charge in [0, 0.05) is 5.57 Å². The summed E-state index contributed by atoms with van der Waals surface area (Å²) in [7, 11) is -3.06. The average molecular weight is 328 g/mol. The number of nitrogens with one attached hydrogen (secondary N) is 1. The first kappa shape index (κ1) is 17.6. The molecule has 22 heavy (non-hydrogen) atoms. The van der Waals surface area contributed by atoms with Crippen molar-refractivity contribution in [2.45, 2.75) is 25.2 Å². The maximum absolute atomic E-state index is 12.2. The van der Waals surface area contributed by atoms with E-state index in [2.05, 4.69) is 0 Å². The molecule has 1 amide bonds. The molecule has 1 N–H and O–H groups in total. The SMILES string of the molecule is CC/C=C(/C)C(=O)NS(=O)(=O)c1ccc(OC)cc1[N+](=O)[O-]. The summed E-state index contributed by atoms with van der Waals surface area (Å²) in [5.74, 6) is -0.689. The highest BCUT2D eigenvalue weighted by Crippen LogP contribution is 2.28. The molecule has 0 fully saturated rings. The molecule has 0 heterocycles. The number of hydrogen-bond donors (Lipinski definition) is 1. The number of nitro benzene ring substituents is 1. The van der Waals surface area contributed by atoms with Gasteiger partial charge in [-0.05, 0) is 25.5 Å². The van der Waals surface area contributed by atoms with E-state index in [-0.39, 0.29) is 11.3 Å². The molecule has 1 aromatic carbocycles. The molecule has 0 saturated carbocycles. The quantitative estimate of drug-likeness (QED) is 0.483. The molecule has 0 aliphatic carbocycles. The monoisotopic (exact) mass is 328 g/mol. The summed E-state index contributed by atoms with van der Waals surface area (Å²) in [6.45, 7) is 3.25. The molecule has 120 valence electrons. The number of benzene rings is 1. The largest absolute Gasteiger partial charge is 0.497 e. The van der Waals surface area contributed by atoms with Crippen molar-refractivity contribution in [3.05, 3.63) is 40.0 Å². The molecule has 0 aliphatic heterocycles. The van der Waals surface area contributed by atoms with Crippen LogP contribution in [-0.2, 0) is 14.8 Å². The first-order valence-corrected chi connectivity index (χ1v) is 7.77. The Bertz CT molecular complexity index is 724. The summed E-state index contributed by atoms with van der Waals surface area (Å²) in [6.07, 6.45) is 2.11. The van der Waals surface area contributed by atoms with Gasteiger partial charge in [0.2, 0.25) is 0 Å². The van der Waals surface area contributed by atoms with E-state index in [1.165, 1.54) is 20.1 Å². The highest BCUT2D eigenvalue weighted by atomic mass is 32.2. The molecular weight excluding hydrogens is 312 g/mol. The minimum absolute atomic E-state index is 0.138. The summed E-state index contributed by atoms with van der Waals surface area (Å²) in [4.78, 5) is 21.3. The minimum atomic E-state index is -4.36. The molecule has 0 bridgehead atoms. The fourth-order valence-electron chi connectivity index (χ4n) is 1.65. The van der Waals surface area contributed by atoms with Crippen LogP contribution < -0.4 is 9.46 Å². The standard InChI is InChI=1S/C13H16N2O6S/c1-4-5-9(2)13(16)14-22(19,20)12-7-6-10(21-3)8-11(12)15(17)18/h5-8H,4H2,1-3H3,(H,14,16)/b9-5-. The number of methoxy groups -OCH3 is 1. The lowest BCUT2D eigenvalue weighted by Crippen LogP contribution is -2.31. The molecule has 0 saturated heterocycles. The van der Waals surface area contributed by atoms with Crippen molar-refractivity contribution >= 4 is 21.6 Å². The van der Waals surface area contributed by atoms with Crippen LogP contribution >= 0.6 is 0 Å². The second-order valence-corrected chi connectivity index (χ2v) is 5.97. The van der Waals surface area contributed by atoms with E-state index >= 15 is 0 Å². The predicted octanol–water partition coefficient (Wildman–Crippen LogP) is 1.76. The van der Waals surface area contributed by atoms with Crippen LogP contribution in [0.4, 0.5) is 5.69 Å². The topological polar surface area (TPSA) is 116 Å². The van der Waals surface area contributed by atoms with Crippen LogP contribution in [0.3, 0.4) is 0 Å². The number of carbonyl (C=O) groups excluding carboxylic acids is 1. The van der Waals surface area contributed by atoms with Crippen molar-refractivity contribution in [1.29, 1.82) is 0 Å². The summed E-state index contributed by atoms with van der Waals surface area (Å²) >= 11 is 0. The summed E-state index contributed by atoms with van der Waals surface area (Å²) in [5.41, 5.74) is -0.459. The fraction of sp³-hybridized carbons (Fsp3) is 0.308. The second kappa shape index (κ2) is 7.03. The molecule has 0 spiro atoms. The van der Waals surface area contributed by atoms with Crippen LogP contribution in [0.2, 0.25) is 0 Å². The van der Waals surface area contributed by atoms with Crippen LogP contribution in [0.1, 0.15) is 20.3 Å². The number of hydrogen-bond acceptors (Lipinski definition) is 6. The molecule has 0 unspecified atom stereocenters. The van der Waals surface area contributed by atoms with Gasteiger partial charge >= 0.3 is 0 Å². The van der Waals surface area contributed by atoms with Crippen LogP contribution in [0.25, 0.3) is 0 Å². The van der Waals surface area contributed by atoms with Gasteiger partial charge in [0.15, 0.2) is 4.90 Å². The van der Waals surface area contributed by atoms with Gasteiger partial charge in [0.1, 0.15) is 5.75 Å². The van der Waals surface area contributed by atoms with Crippen molar-refractivity contribution in [1.82, 2.24) is 4.72 Å². The number of nitro groups is 1. The van der Waals surface area contributed by atoms with Gasteiger partial charge in [0.05, 0.1) is 18.1 Å². The predicted molar refractivity (Wildman–Crippen MR) is 79.0 cm³/mol. The molecule has 1 aromatic rings. The smallest absolute Gasteiger partial charge is 0.293 e. The lowest BCUT2D eigenvalue weighted by atomic mass is 10.2. The van der Waals surface area contributed by atoms with Crippen molar-refractivity contribution < 1.29 is 22.9 Å². The van der Waals surface area contributed by atoms with Crippen LogP contribution in [0.5, 0.6) is 5.75 Å². The molecule has 8 nitrogen and oxygen atoms in total. The zero-order chi connectivity index (χ0) is 16.9. The van der Waals surface area contributed by atoms with Gasteiger partial charge in [-0.15, -0.1) is 0 Å². The maximum Gasteiger partial charge on any atom is 0.293 e. The lowest BCUT2D eigenvalue weighted by molar-refractivity contribution is -0.387. The van der Waals surface area contributed by atoms with Crippen molar-refractivity contribution in [3.63, 3.8) is 0 Å². The number of rotatable bonds is 6. The first-order chi connectivity index (χ1) is 10.2. The van der Waals surface area contributed by atoms with E-state index in [9.17, 15) is 23.3 Å². The highest BCUT2D eigenvalue weighted by molar-refractivity contribution is 7.90. The number of carbonyl (C=O) groups is 1. The van der Waals surface area contributed by atoms with Crippen LogP contribution in [-0.4, -0.2) is 26.4 Å². The average Bonchev–Trinajstić information content (AvgIpc) is 2.46. The summed E-state index contributed by atoms with van der Waals surface area (Å²) in [6, 6.07) is 3.26. The number of ether oxygens (including phenoxy) is 1. The summed E-state index contributed by atoms with van der Waals surface area (Å²) in [5, 5.41) is 11.0. The van der Waals surface area contributed by atoms with Crippen LogP contribution in [0, 0.1) is 10.1 Å². The molecule has 1 rings (SSSR count). The van der Waals surface area contributed by atoms with Gasteiger partial charge in [0.25, 0.3) is 21.6 Å². The molecule has 0 radical (unpaired) electrons. The fourth-order valence-corrected chi connectivity index (χ4v) is 2.82. The number of nitrogens with zero attached hydrogens (tertiary/aromatic N) is 1. The Morgan fingerprint density at radius 2 is 2.09 bits per heavy atom. The maximum atomic E-state index is 12.2. The van der Waals surface area contributed by atoms with Gasteiger partial charge in [-0.3, -0.25) is 14.9 Å². The normalized spacial score (nSPS) is 11.9. The van der Waals surface area contributed by atoms with E-state index in [0.717, 1.165) is 12.1 Å². The minimum Gasteiger partial charge on any atom is -0.497 e. The van der Waals surface area contributed by atoms with Gasteiger partial charge < -0.3 is 4.74 Å². The molecular formula is C13H16N2O6S. The van der Waals surface area contributed by atoms with Gasteiger partial charge in [-0.25, -0.2) is 13.1 Å². The Hall–Kier alpha value is -2.42. The zero-order valence-corrected chi connectivity index (χ0v) is 13.1. The van der Waals surface area contributed by atoms with E-state index in [1.54, 1.807) is 13.0 Å². The first-order valence-electron chi connectivity index (χ1n) is 6.29. The molecule has 0 atom stereocenters. The zero-order valence-electron chi connectivity index (χ0n) is 12.3. The third-order valence-electron chi connectivity index (χ3n) is 2.75. The van der Waals surface area contributed by atoms with Crippen molar-refractivity contribution in [3.8, 4) is 5.75 Å². The van der Waals surface area contributed by atoms with Crippen molar-refractivity contribution in [2.75, 3.05) is 7.11 Å². The Morgan fingerprint density at radius 3 is 2.59 bits per heavy atom. The second-order valence-electron chi connectivity index (χ2n) is 4.32. The van der Waals surface area contributed by atoms with Gasteiger partial charge in [-0.1, -0.05) is 13.0 Å². The third kappa shape index (κ3) is 4.04. The van der Waals surface area contributed by atoms with E-state index < -0.39 is 31.4 Å². The Balaban J connectivity index is 3.26. The highest BCUT2D eigenvalue weighted by Gasteiger charge is 2.28. The lowest BCUT2D eigenvalue weighted by Gasteiger charge is -2.08. The van der Waals surface area contributed by atoms with Crippen LogP contribution in [0.15, 0.2) is 34.7 Å². The number of sulfonamides is 1. The Morgan fingerprint density at radius 1 is 1.45 bits per heavy atom. The molecule has 0 aliphatic rings. The number of amides is 1. The van der Waals surface area contributed by atoms with E-state index in [1.807, 2.05) is 4.72 Å².